The zero-order valence-electron chi connectivity index (χ0n) is 17.7. The van der Waals surface area contributed by atoms with Gasteiger partial charge in [0.2, 0.25) is 0 Å². The van der Waals surface area contributed by atoms with Gasteiger partial charge in [-0.1, -0.05) is 42.5 Å². The molecule has 5 nitrogen and oxygen atoms in total. The molecule has 4 aromatic carbocycles. The number of nitrogens with one attached hydrogen (secondary N) is 2. The molecule has 0 atom stereocenters. The van der Waals surface area contributed by atoms with Crippen molar-refractivity contribution in [1.82, 2.24) is 0 Å². The molecule has 0 saturated heterocycles. The van der Waals surface area contributed by atoms with Gasteiger partial charge in [-0.25, -0.2) is 8.78 Å². The number of benzene rings is 4. The summed E-state index contributed by atoms with van der Waals surface area (Å²) in [6, 6.07) is 21.3. The highest BCUT2D eigenvalue weighted by Gasteiger charge is 2.17. The standard InChI is InChI=1S/C26H20F2N2O3/c1-16-6-2-5-9-23(16)30-26(32)20-12-17-7-3-4-8-18(17)13-24(20)33-15-25(31)29-19-10-11-21(27)22(28)14-19/h2-14H,15H2,1H3,(H,29,31)(H,30,32). The summed E-state index contributed by atoms with van der Waals surface area (Å²) in [6.45, 7) is 1.46. The van der Waals surface area contributed by atoms with Crippen molar-refractivity contribution in [3.63, 3.8) is 0 Å². The van der Waals surface area contributed by atoms with Crippen LogP contribution in [0.2, 0.25) is 0 Å². The second kappa shape index (κ2) is 9.48. The summed E-state index contributed by atoms with van der Waals surface area (Å²) >= 11 is 0. The van der Waals surface area contributed by atoms with Gasteiger partial charge in [-0.3, -0.25) is 9.59 Å². The zero-order chi connectivity index (χ0) is 23.4. The summed E-state index contributed by atoms with van der Waals surface area (Å²) in [5.74, 6) is -2.83. The third kappa shape index (κ3) is 5.15. The van der Waals surface area contributed by atoms with E-state index in [2.05, 4.69) is 10.6 Å². The summed E-state index contributed by atoms with van der Waals surface area (Å²) in [5.41, 5.74) is 1.92. The second-order valence-electron chi connectivity index (χ2n) is 7.43. The first-order valence-electron chi connectivity index (χ1n) is 10.2. The van der Waals surface area contributed by atoms with E-state index in [0.717, 1.165) is 28.5 Å². The number of hydrogen-bond acceptors (Lipinski definition) is 3. The average Bonchev–Trinajstić information content (AvgIpc) is 2.81. The lowest BCUT2D eigenvalue weighted by atomic mass is 10.0. The van der Waals surface area contributed by atoms with Crippen LogP contribution in [0.3, 0.4) is 0 Å². The highest BCUT2D eigenvalue weighted by Crippen LogP contribution is 2.28. The Balaban J connectivity index is 1.56. The van der Waals surface area contributed by atoms with Gasteiger partial charge < -0.3 is 15.4 Å². The van der Waals surface area contributed by atoms with E-state index in [1.807, 2.05) is 49.4 Å². The van der Waals surface area contributed by atoms with Crippen molar-refractivity contribution in [1.29, 1.82) is 0 Å². The normalized spacial score (nSPS) is 10.6. The van der Waals surface area contributed by atoms with Gasteiger partial charge in [-0.15, -0.1) is 0 Å². The largest absolute Gasteiger partial charge is 0.483 e. The second-order valence-corrected chi connectivity index (χ2v) is 7.43. The van der Waals surface area contributed by atoms with E-state index in [1.165, 1.54) is 6.07 Å². The minimum atomic E-state index is -1.07. The van der Waals surface area contributed by atoms with Crippen LogP contribution in [-0.4, -0.2) is 18.4 Å². The molecule has 0 saturated carbocycles. The van der Waals surface area contributed by atoms with Crippen LogP contribution in [0.25, 0.3) is 10.8 Å². The number of para-hydroxylation sites is 1. The predicted octanol–water partition coefficient (Wildman–Crippen LogP) is 5.70. The Morgan fingerprint density at radius 2 is 1.52 bits per heavy atom. The van der Waals surface area contributed by atoms with E-state index in [-0.39, 0.29) is 22.9 Å². The molecule has 0 aliphatic heterocycles. The number of aryl methyl sites for hydroxylation is 1. The smallest absolute Gasteiger partial charge is 0.262 e. The van der Waals surface area contributed by atoms with E-state index in [4.69, 9.17) is 4.74 Å². The first kappa shape index (κ1) is 22.0. The molecule has 0 aliphatic carbocycles. The maximum absolute atomic E-state index is 13.4. The van der Waals surface area contributed by atoms with E-state index in [0.29, 0.717) is 5.69 Å². The Morgan fingerprint density at radius 1 is 0.818 bits per heavy atom. The molecular formula is C26H20F2N2O3. The molecule has 4 aromatic rings. The first-order chi connectivity index (χ1) is 15.9. The molecule has 0 unspecified atom stereocenters. The molecule has 0 aliphatic rings. The van der Waals surface area contributed by atoms with Crippen LogP contribution in [0.4, 0.5) is 20.2 Å². The minimum Gasteiger partial charge on any atom is -0.483 e. The van der Waals surface area contributed by atoms with Crippen LogP contribution in [-0.2, 0) is 4.79 Å². The van der Waals surface area contributed by atoms with Crippen LogP contribution in [0.1, 0.15) is 15.9 Å². The number of anilines is 2. The van der Waals surface area contributed by atoms with Crippen LogP contribution in [0, 0.1) is 18.6 Å². The Bertz CT molecular complexity index is 1350. The van der Waals surface area contributed by atoms with Gasteiger partial charge in [-0.05, 0) is 53.6 Å². The molecule has 0 spiro atoms. The van der Waals surface area contributed by atoms with Crippen molar-refractivity contribution in [3.05, 3.63) is 102 Å². The lowest BCUT2D eigenvalue weighted by Gasteiger charge is -2.14. The molecule has 7 heteroatoms. The Kier molecular flexibility index (Phi) is 6.31. The fraction of sp³-hybridized carbons (Fsp3) is 0.0769. The third-order valence-corrected chi connectivity index (χ3v) is 5.05. The number of halogens is 2. The molecule has 4 rings (SSSR count). The van der Waals surface area contributed by atoms with Crippen molar-refractivity contribution < 1.29 is 23.1 Å². The van der Waals surface area contributed by atoms with Gasteiger partial charge in [0.1, 0.15) is 5.75 Å². The van der Waals surface area contributed by atoms with Gasteiger partial charge in [-0.2, -0.15) is 0 Å². The van der Waals surface area contributed by atoms with Crippen molar-refractivity contribution in [2.24, 2.45) is 0 Å². The lowest BCUT2D eigenvalue weighted by molar-refractivity contribution is -0.118. The SMILES string of the molecule is Cc1ccccc1NC(=O)c1cc2ccccc2cc1OCC(=O)Nc1ccc(F)c(F)c1. The van der Waals surface area contributed by atoms with Crippen molar-refractivity contribution in [3.8, 4) is 5.75 Å². The molecule has 0 fully saturated rings. The monoisotopic (exact) mass is 446 g/mol. The average molecular weight is 446 g/mol. The molecule has 0 bridgehead atoms. The number of amides is 2. The molecule has 2 amide bonds. The summed E-state index contributed by atoms with van der Waals surface area (Å²) in [4.78, 5) is 25.4. The number of carbonyl (C=O) groups excluding carboxylic acids is 2. The van der Waals surface area contributed by atoms with E-state index >= 15 is 0 Å². The maximum atomic E-state index is 13.4. The fourth-order valence-corrected chi connectivity index (χ4v) is 3.33. The third-order valence-electron chi connectivity index (χ3n) is 5.05. The molecule has 0 heterocycles. The molecule has 0 aromatic heterocycles. The quantitative estimate of drug-likeness (QED) is 0.400. The number of ether oxygens (including phenoxy) is 1. The summed E-state index contributed by atoms with van der Waals surface area (Å²) < 4.78 is 32.1. The van der Waals surface area contributed by atoms with Crippen molar-refractivity contribution in [2.75, 3.05) is 17.2 Å². The number of fused-ring (bicyclic) bond motifs is 1. The number of hydrogen-bond donors (Lipinski definition) is 2. The van der Waals surface area contributed by atoms with Crippen LogP contribution in [0.5, 0.6) is 5.75 Å². The Morgan fingerprint density at radius 3 is 2.24 bits per heavy atom. The van der Waals surface area contributed by atoms with Crippen LogP contribution < -0.4 is 15.4 Å². The summed E-state index contributed by atoms with van der Waals surface area (Å²) in [6.07, 6.45) is 0. The van der Waals surface area contributed by atoms with E-state index < -0.39 is 24.1 Å². The number of carbonyl (C=O) groups is 2. The van der Waals surface area contributed by atoms with Gasteiger partial charge in [0, 0.05) is 17.4 Å². The molecule has 0 radical (unpaired) electrons. The van der Waals surface area contributed by atoms with Crippen LogP contribution >= 0.6 is 0 Å². The van der Waals surface area contributed by atoms with Gasteiger partial charge in [0.05, 0.1) is 5.56 Å². The first-order valence-corrected chi connectivity index (χ1v) is 10.2. The van der Waals surface area contributed by atoms with Crippen molar-refractivity contribution in [2.45, 2.75) is 6.92 Å². The highest BCUT2D eigenvalue weighted by atomic mass is 19.2. The Labute approximate surface area is 189 Å². The topological polar surface area (TPSA) is 67.4 Å². The Hall–Kier alpha value is -4.26. The van der Waals surface area contributed by atoms with Crippen molar-refractivity contribution >= 4 is 34.0 Å². The maximum Gasteiger partial charge on any atom is 0.262 e. The van der Waals surface area contributed by atoms with E-state index in [1.54, 1.807) is 18.2 Å². The lowest BCUT2D eigenvalue weighted by Crippen LogP contribution is -2.22. The van der Waals surface area contributed by atoms with E-state index in [9.17, 15) is 18.4 Å². The fourth-order valence-electron chi connectivity index (χ4n) is 3.33. The number of rotatable bonds is 6. The highest BCUT2D eigenvalue weighted by molar-refractivity contribution is 6.09. The predicted molar refractivity (Wildman–Crippen MR) is 124 cm³/mol. The molecule has 2 N–H and O–H groups in total. The van der Waals surface area contributed by atoms with Gasteiger partial charge in [0.15, 0.2) is 18.2 Å². The molecule has 33 heavy (non-hydrogen) atoms. The molecule has 166 valence electrons. The van der Waals surface area contributed by atoms with Crippen LogP contribution in [0.15, 0.2) is 78.9 Å². The molecular weight excluding hydrogens is 426 g/mol. The zero-order valence-corrected chi connectivity index (χ0v) is 17.7. The summed E-state index contributed by atoms with van der Waals surface area (Å²) in [7, 11) is 0. The summed E-state index contributed by atoms with van der Waals surface area (Å²) in [5, 5.41) is 6.99. The minimum absolute atomic E-state index is 0.0959. The van der Waals surface area contributed by atoms with Gasteiger partial charge >= 0.3 is 0 Å². The van der Waals surface area contributed by atoms with Gasteiger partial charge in [0.25, 0.3) is 11.8 Å².